The molecule has 19 heavy (non-hydrogen) atoms. The van der Waals surface area contributed by atoms with Crippen LogP contribution in [0.3, 0.4) is 0 Å². The molecule has 2 rings (SSSR count). The van der Waals surface area contributed by atoms with E-state index in [-0.39, 0.29) is 5.54 Å². The zero-order chi connectivity index (χ0) is 14.0. The van der Waals surface area contributed by atoms with E-state index in [9.17, 15) is 0 Å². The highest BCUT2D eigenvalue weighted by Gasteiger charge is 2.25. The van der Waals surface area contributed by atoms with E-state index >= 15 is 0 Å². The molecular weight excluding hydrogens is 256 g/mol. The van der Waals surface area contributed by atoms with Crippen molar-refractivity contribution in [2.75, 3.05) is 6.61 Å². The number of fused-ring (bicyclic) bond motifs is 1. The van der Waals surface area contributed by atoms with Gasteiger partial charge >= 0.3 is 0 Å². The van der Waals surface area contributed by atoms with Gasteiger partial charge in [-0.2, -0.15) is 0 Å². The lowest BCUT2D eigenvalue weighted by molar-refractivity contribution is 0.299. The molecule has 1 aromatic carbocycles. The zero-order valence-electron chi connectivity index (χ0n) is 12.1. The number of aromatic amines is 1. The van der Waals surface area contributed by atoms with Gasteiger partial charge in [0.05, 0.1) is 12.1 Å². The van der Waals surface area contributed by atoms with Gasteiger partial charge in [-0.05, 0) is 51.0 Å². The van der Waals surface area contributed by atoms with Crippen LogP contribution in [-0.2, 0) is 5.54 Å². The lowest BCUT2D eigenvalue weighted by atomic mass is 9.95. The number of rotatable bonds is 5. The number of hydrogen-bond acceptors (Lipinski definition) is 2. The number of imidazole rings is 1. The van der Waals surface area contributed by atoms with Crippen LogP contribution < -0.4 is 4.74 Å². The van der Waals surface area contributed by atoms with Crippen molar-refractivity contribution in [1.29, 1.82) is 0 Å². The average Bonchev–Trinajstić information content (AvgIpc) is 2.76. The fraction of sp³-hybridized carbons (Fsp3) is 0.533. The summed E-state index contributed by atoms with van der Waals surface area (Å²) in [5.41, 5.74) is 2.17. The third-order valence-electron chi connectivity index (χ3n) is 4.04. The van der Waals surface area contributed by atoms with Crippen molar-refractivity contribution in [2.24, 2.45) is 0 Å². The third-order valence-corrected chi connectivity index (χ3v) is 4.33. The molecule has 0 radical (unpaired) electrons. The molecule has 0 saturated heterocycles. The maximum absolute atomic E-state index is 5.68. The molecule has 0 aliphatic rings. The molecule has 0 spiro atoms. The van der Waals surface area contributed by atoms with Crippen LogP contribution in [0.5, 0.6) is 5.75 Å². The largest absolute Gasteiger partial charge is 0.492 e. The first-order chi connectivity index (χ1) is 9.07. The minimum absolute atomic E-state index is 0.0418. The van der Waals surface area contributed by atoms with Gasteiger partial charge in [-0.15, -0.1) is 0 Å². The van der Waals surface area contributed by atoms with Gasteiger partial charge in [-0.1, -0.05) is 19.9 Å². The molecule has 0 unspecified atom stereocenters. The Bertz CT molecular complexity index is 623. The smallest absolute Gasteiger partial charge is 0.178 e. The van der Waals surface area contributed by atoms with Crippen molar-refractivity contribution in [1.82, 2.24) is 9.55 Å². The predicted octanol–water partition coefficient (Wildman–Crippen LogP) is 4.63. The minimum atomic E-state index is 0.0418. The summed E-state index contributed by atoms with van der Waals surface area (Å²) in [5.74, 6) is 0.874. The van der Waals surface area contributed by atoms with Crippen molar-refractivity contribution in [3.63, 3.8) is 0 Å². The van der Waals surface area contributed by atoms with E-state index in [4.69, 9.17) is 17.0 Å². The summed E-state index contributed by atoms with van der Waals surface area (Å²) < 4.78 is 8.68. The zero-order valence-corrected chi connectivity index (χ0v) is 12.9. The van der Waals surface area contributed by atoms with Crippen LogP contribution in [0, 0.1) is 4.77 Å². The van der Waals surface area contributed by atoms with Crippen LogP contribution in [0.2, 0.25) is 0 Å². The second-order valence-corrected chi connectivity index (χ2v) is 5.44. The summed E-state index contributed by atoms with van der Waals surface area (Å²) in [6, 6.07) is 6.11. The molecule has 1 N–H and O–H groups in total. The SMILES string of the molecule is CCOc1cccc2c1[nH]c(=S)n2C(C)(CC)CC. The van der Waals surface area contributed by atoms with E-state index in [1.54, 1.807) is 0 Å². The Labute approximate surface area is 119 Å². The highest BCUT2D eigenvalue weighted by Crippen LogP contribution is 2.32. The highest BCUT2D eigenvalue weighted by molar-refractivity contribution is 7.71. The molecule has 4 heteroatoms. The van der Waals surface area contributed by atoms with Crippen LogP contribution in [0.15, 0.2) is 18.2 Å². The van der Waals surface area contributed by atoms with Crippen molar-refractivity contribution < 1.29 is 4.74 Å². The molecular formula is C15H22N2OS. The number of ether oxygens (including phenoxy) is 1. The molecule has 2 aromatic rings. The highest BCUT2D eigenvalue weighted by atomic mass is 32.1. The Hall–Kier alpha value is -1.29. The van der Waals surface area contributed by atoms with Crippen LogP contribution in [0.4, 0.5) is 0 Å². The quantitative estimate of drug-likeness (QED) is 0.808. The Morgan fingerprint density at radius 1 is 1.26 bits per heavy atom. The van der Waals surface area contributed by atoms with Crippen LogP contribution in [0.1, 0.15) is 40.5 Å². The van der Waals surface area contributed by atoms with Gasteiger partial charge in [0, 0.05) is 5.54 Å². The second-order valence-electron chi connectivity index (χ2n) is 5.05. The first-order valence-electron chi connectivity index (χ1n) is 6.94. The molecule has 0 bridgehead atoms. The topological polar surface area (TPSA) is 29.9 Å². The molecule has 0 aliphatic carbocycles. The molecule has 0 saturated carbocycles. The second kappa shape index (κ2) is 5.37. The summed E-state index contributed by atoms with van der Waals surface area (Å²) in [7, 11) is 0. The predicted molar refractivity (Wildman–Crippen MR) is 82.5 cm³/mol. The average molecular weight is 278 g/mol. The third kappa shape index (κ3) is 2.29. The first-order valence-corrected chi connectivity index (χ1v) is 7.35. The maximum atomic E-state index is 5.68. The molecule has 1 aromatic heterocycles. The summed E-state index contributed by atoms with van der Waals surface area (Å²) in [5, 5.41) is 0. The standard InChI is InChI=1S/C15H22N2OS/c1-5-15(4,6-2)17-11-9-8-10-12(18-7-3)13(11)16-14(17)19/h8-10H,5-7H2,1-4H3,(H,16,19). The molecule has 104 valence electrons. The van der Waals surface area contributed by atoms with Gasteiger partial charge in [0.25, 0.3) is 0 Å². The number of hydrogen-bond donors (Lipinski definition) is 1. The number of benzene rings is 1. The van der Waals surface area contributed by atoms with Gasteiger partial charge < -0.3 is 14.3 Å². The number of nitrogens with one attached hydrogen (secondary N) is 1. The fourth-order valence-electron chi connectivity index (χ4n) is 2.48. The van der Waals surface area contributed by atoms with E-state index in [2.05, 4.69) is 36.4 Å². The van der Waals surface area contributed by atoms with Gasteiger partial charge in [-0.3, -0.25) is 0 Å². The van der Waals surface area contributed by atoms with Crippen molar-refractivity contribution >= 4 is 23.3 Å². The van der Waals surface area contributed by atoms with E-state index in [0.717, 1.165) is 34.4 Å². The summed E-state index contributed by atoms with van der Waals surface area (Å²) in [4.78, 5) is 3.31. The van der Waals surface area contributed by atoms with Gasteiger partial charge in [0.1, 0.15) is 11.3 Å². The lowest BCUT2D eigenvalue weighted by Crippen LogP contribution is -2.28. The van der Waals surface area contributed by atoms with Gasteiger partial charge in [0.15, 0.2) is 4.77 Å². The summed E-state index contributed by atoms with van der Waals surface area (Å²) in [6.07, 6.45) is 2.09. The van der Waals surface area contributed by atoms with Crippen LogP contribution >= 0.6 is 12.2 Å². The Morgan fingerprint density at radius 3 is 2.53 bits per heavy atom. The maximum Gasteiger partial charge on any atom is 0.178 e. The van der Waals surface area contributed by atoms with E-state index in [1.807, 2.05) is 19.1 Å². The number of H-pyrrole nitrogens is 1. The Balaban J connectivity index is 2.73. The fourth-order valence-corrected chi connectivity index (χ4v) is 2.90. The molecule has 1 heterocycles. The molecule has 3 nitrogen and oxygen atoms in total. The Morgan fingerprint density at radius 2 is 1.95 bits per heavy atom. The molecule has 0 fully saturated rings. The minimum Gasteiger partial charge on any atom is -0.492 e. The van der Waals surface area contributed by atoms with Crippen molar-refractivity contribution in [2.45, 2.75) is 46.1 Å². The van der Waals surface area contributed by atoms with Crippen molar-refractivity contribution in [3.8, 4) is 5.75 Å². The number of para-hydroxylation sites is 1. The lowest BCUT2D eigenvalue weighted by Gasteiger charge is -2.29. The molecule has 0 amide bonds. The molecule has 0 aliphatic heterocycles. The van der Waals surface area contributed by atoms with Crippen molar-refractivity contribution in [3.05, 3.63) is 23.0 Å². The molecule has 0 atom stereocenters. The van der Waals surface area contributed by atoms with Gasteiger partial charge in [0.2, 0.25) is 0 Å². The van der Waals surface area contributed by atoms with E-state index in [1.165, 1.54) is 0 Å². The first kappa shape index (κ1) is 14.1. The van der Waals surface area contributed by atoms with Crippen LogP contribution in [-0.4, -0.2) is 16.2 Å². The number of nitrogens with zero attached hydrogens (tertiary/aromatic N) is 1. The van der Waals surface area contributed by atoms with Crippen LogP contribution in [0.25, 0.3) is 11.0 Å². The number of aromatic nitrogens is 2. The Kier molecular flexibility index (Phi) is 3.99. The van der Waals surface area contributed by atoms with E-state index < -0.39 is 0 Å². The summed E-state index contributed by atoms with van der Waals surface area (Å²) in [6.45, 7) is 9.31. The summed E-state index contributed by atoms with van der Waals surface area (Å²) >= 11 is 5.53. The van der Waals surface area contributed by atoms with Gasteiger partial charge in [-0.25, -0.2) is 0 Å². The van der Waals surface area contributed by atoms with E-state index in [0.29, 0.717) is 6.61 Å². The normalized spacial score (nSPS) is 12.0. The monoisotopic (exact) mass is 278 g/mol.